The maximum absolute atomic E-state index is 8.70. The Bertz CT molecular complexity index is 688. The molecule has 2 aromatic rings. The highest BCUT2D eigenvalue weighted by atomic mass is 32.2. The van der Waals surface area contributed by atoms with E-state index in [2.05, 4.69) is 15.3 Å². The monoisotopic (exact) mass is 285 g/mol. The van der Waals surface area contributed by atoms with E-state index in [-0.39, 0.29) is 0 Å². The van der Waals surface area contributed by atoms with E-state index in [1.165, 1.54) is 11.8 Å². The van der Waals surface area contributed by atoms with E-state index in [1.54, 1.807) is 6.20 Å². The number of nitrogens with zero attached hydrogens (tertiary/aromatic N) is 4. The zero-order chi connectivity index (χ0) is 14.5. The predicted octanol–water partition coefficient (Wildman–Crippen LogP) is 2.72. The molecular formula is C14H15N5S. The van der Waals surface area contributed by atoms with Crippen molar-refractivity contribution in [3.8, 4) is 6.19 Å². The van der Waals surface area contributed by atoms with Gasteiger partial charge in [0.25, 0.3) is 0 Å². The summed E-state index contributed by atoms with van der Waals surface area (Å²) in [7, 11) is 3.97. The van der Waals surface area contributed by atoms with Gasteiger partial charge in [-0.05, 0) is 30.5 Å². The third-order valence-corrected chi connectivity index (χ3v) is 3.37. The van der Waals surface area contributed by atoms with Crippen molar-refractivity contribution >= 4 is 39.2 Å². The van der Waals surface area contributed by atoms with Gasteiger partial charge in [0, 0.05) is 25.7 Å². The summed E-state index contributed by atoms with van der Waals surface area (Å²) in [5.74, 6) is 0. The van der Waals surface area contributed by atoms with E-state index in [1.807, 2.05) is 55.7 Å². The van der Waals surface area contributed by atoms with Crippen molar-refractivity contribution in [1.29, 1.82) is 5.26 Å². The number of benzene rings is 1. The van der Waals surface area contributed by atoms with Gasteiger partial charge in [0.05, 0.1) is 16.9 Å². The Morgan fingerprint density at radius 1 is 1.40 bits per heavy atom. The maximum Gasteiger partial charge on any atom is 0.183 e. The van der Waals surface area contributed by atoms with Crippen LogP contribution in [0.4, 0.5) is 11.4 Å². The summed E-state index contributed by atoms with van der Waals surface area (Å²) in [4.78, 5) is 10.9. The number of hydrogen-bond acceptors (Lipinski definition) is 5. The van der Waals surface area contributed by atoms with Crippen molar-refractivity contribution in [3.63, 3.8) is 0 Å². The largest absolute Gasteiger partial charge is 0.376 e. The van der Waals surface area contributed by atoms with Gasteiger partial charge in [-0.2, -0.15) is 5.26 Å². The van der Waals surface area contributed by atoms with E-state index in [0.717, 1.165) is 22.3 Å². The first-order valence-corrected chi connectivity index (χ1v) is 7.22. The van der Waals surface area contributed by atoms with Crippen molar-refractivity contribution in [2.24, 2.45) is 4.99 Å². The van der Waals surface area contributed by atoms with Gasteiger partial charge in [-0.1, -0.05) is 11.8 Å². The Morgan fingerprint density at radius 3 is 2.85 bits per heavy atom. The summed E-state index contributed by atoms with van der Waals surface area (Å²) >= 11 is 1.39. The van der Waals surface area contributed by atoms with Gasteiger partial charge in [0.15, 0.2) is 11.4 Å². The average Bonchev–Trinajstić information content (AvgIpc) is 2.46. The van der Waals surface area contributed by atoms with E-state index in [4.69, 9.17) is 5.26 Å². The molecule has 0 spiro atoms. The molecule has 2 rings (SSSR count). The fraction of sp³-hybridized carbons (Fsp3) is 0.214. The number of nitriles is 1. The molecule has 102 valence electrons. The SMILES string of the molecule is CSC(=Nc1ccc(N(C)C)c2ncccc12)NC#N. The molecule has 0 bridgehead atoms. The van der Waals surface area contributed by atoms with Crippen LogP contribution in [0.15, 0.2) is 35.5 Å². The lowest BCUT2D eigenvalue weighted by Crippen LogP contribution is -2.12. The number of fused-ring (bicyclic) bond motifs is 1. The zero-order valence-electron chi connectivity index (χ0n) is 11.6. The summed E-state index contributed by atoms with van der Waals surface area (Å²) in [5.41, 5.74) is 2.74. The Balaban J connectivity index is 2.62. The van der Waals surface area contributed by atoms with Crippen LogP contribution in [0.25, 0.3) is 10.9 Å². The van der Waals surface area contributed by atoms with Gasteiger partial charge >= 0.3 is 0 Å². The Hall–Kier alpha value is -2.26. The van der Waals surface area contributed by atoms with Crippen LogP contribution in [0.1, 0.15) is 0 Å². The van der Waals surface area contributed by atoms with E-state index in [9.17, 15) is 0 Å². The molecule has 1 aromatic carbocycles. The summed E-state index contributed by atoms with van der Waals surface area (Å²) in [6.45, 7) is 0. The normalized spacial score (nSPS) is 11.2. The Kier molecular flexibility index (Phi) is 4.43. The lowest BCUT2D eigenvalue weighted by molar-refractivity contribution is 1.13. The van der Waals surface area contributed by atoms with Crippen molar-refractivity contribution < 1.29 is 0 Å². The van der Waals surface area contributed by atoms with E-state index < -0.39 is 0 Å². The summed E-state index contributed by atoms with van der Waals surface area (Å²) in [6, 6.07) is 7.79. The minimum atomic E-state index is 0.565. The van der Waals surface area contributed by atoms with Crippen LogP contribution in [0.2, 0.25) is 0 Å². The molecule has 0 aliphatic heterocycles. The highest BCUT2D eigenvalue weighted by molar-refractivity contribution is 8.13. The quantitative estimate of drug-likeness (QED) is 0.398. The van der Waals surface area contributed by atoms with Gasteiger partial charge in [0.1, 0.15) is 0 Å². The van der Waals surface area contributed by atoms with E-state index in [0.29, 0.717) is 5.17 Å². The number of pyridine rings is 1. The van der Waals surface area contributed by atoms with Crippen LogP contribution >= 0.6 is 11.8 Å². The molecule has 1 N–H and O–H groups in total. The second kappa shape index (κ2) is 6.26. The topological polar surface area (TPSA) is 64.3 Å². The van der Waals surface area contributed by atoms with Gasteiger partial charge < -0.3 is 4.90 Å². The molecule has 0 aliphatic rings. The molecule has 5 nitrogen and oxygen atoms in total. The molecule has 0 fully saturated rings. The second-order valence-corrected chi connectivity index (χ2v) is 5.05. The van der Waals surface area contributed by atoms with Crippen LogP contribution < -0.4 is 10.2 Å². The smallest absolute Gasteiger partial charge is 0.183 e. The minimum absolute atomic E-state index is 0.565. The molecule has 0 atom stereocenters. The van der Waals surface area contributed by atoms with Gasteiger partial charge in [-0.15, -0.1) is 0 Å². The molecule has 0 aliphatic carbocycles. The molecule has 0 unspecified atom stereocenters. The highest BCUT2D eigenvalue weighted by Crippen LogP contribution is 2.31. The highest BCUT2D eigenvalue weighted by Gasteiger charge is 2.08. The molecule has 0 radical (unpaired) electrons. The lowest BCUT2D eigenvalue weighted by atomic mass is 10.1. The first-order chi connectivity index (χ1) is 9.67. The summed E-state index contributed by atoms with van der Waals surface area (Å²) < 4.78 is 0. The zero-order valence-corrected chi connectivity index (χ0v) is 12.4. The third-order valence-electron chi connectivity index (χ3n) is 2.79. The molecule has 6 heteroatoms. The average molecular weight is 285 g/mol. The standard InChI is InChI=1S/C14H15N5S/c1-19(2)12-7-6-11(18-14(20-3)17-9-15)10-5-4-8-16-13(10)12/h4-8H,1-3H3,(H,17,18). The maximum atomic E-state index is 8.70. The number of hydrogen-bond donors (Lipinski definition) is 1. The predicted molar refractivity (Wildman–Crippen MR) is 85.4 cm³/mol. The van der Waals surface area contributed by atoms with Crippen LogP contribution in [0, 0.1) is 11.5 Å². The van der Waals surface area contributed by atoms with Crippen molar-refractivity contribution in [2.45, 2.75) is 0 Å². The van der Waals surface area contributed by atoms with E-state index >= 15 is 0 Å². The number of nitrogens with one attached hydrogen (secondary N) is 1. The van der Waals surface area contributed by atoms with Crippen LogP contribution in [-0.2, 0) is 0 Å². The third kappa shape index (κ3) is 2.83. The molecular weight excluding hydrogens is 270 g/mol. The van der Waals surface area contributed by atoms with Gasteiger partial charge in [0.2, 0.25) is 0 Å². The first-order valence-electron chi connectivity index (χ1n) is 6.00. The van der Waals surface area contributed by atoms with Crippen LogP contribution in [-0.4, -0.2) is 30.5 Å². The molecule has 0 saturated heterocycles. The lowest BCUT2D eigenvalue weighted by Gasteiger charge is -2.15. The number of aliphatic imine (C=N–C) groups is 1. The second-order valence-electron chi connectivity index (χ2n) is 4.26. The fourth-order valence-electron chi connectivity index (χ4n) is 1.88. The molecule has 0 amide bonds. The summed E-state index contributed by atoms with van der Waals surface area (Å²) in [6.07, 6.45) is 5.53. The molecule has 1 aromatic heterocycles. The minimum Gasteiger partial charge on any atom is -0.376 e. The van der Waals surface area contributed by atoms with Gasteiger partial charge in [-0.3, -0.25) is 10.3 Å². The van der Waals surface area contributed by atoms with Gasteiger partial charge in [-0.25, -0.2) is 4.99 Å². The van der Waals surface area contributed by atoms with Crippen molar-refractivity contribution in [1.82, 2.24) is 10.3 Å². The molecule has 1 heterocycles. The van der Waals surface area contributed by atoms with Crippen LogP contribution in [0.5, 0.6) is 0 Å². The number of aromatic nitrogens is 1. The molecule has 20 heavy (non-hydrogen) atoms. The number of thioether (sulfide) groups is 1. The fourth-order valence-corrected chi connectivity index (χ4v) is 2.22. The number of anilines is 1. The van der Waals surface area contributed by atoms with Crippen molar-refractivity contribution in [2.75, 3.05) is 25.3 Å². The van der Waals surface area contributed by atoms with Crippen LogP contribution in [0.3, 0.4) is 0 Å². The number of amidine groups is 1. The van der Waals surface area contributed by atoms with Crippen molar-refractivity contribution in [3.05, 3.63) is 30.5 Å². The Labute approximate surface area is 122 Å². The number of rotatable bonds is 2. The first kappa shape index (κ1) is 14.2. The Morgan fingerprint density at radius 2 is 2.20 bits per heavy atom. The summed E-state index contributed by atoms with van der Waals surface area (Å²) in [5, 5.41) is 12.8. The molecule has 0 saturated carbocycles.